The highest BCUT2D eigenvalue weighted by atomic mass is 19.4. The van der Waals surface area contributed by atoms with Gasteiger partial charge >= 0.3 is 6.18 Å². The van der Waals surface area contributed by atoms with Crippen molar-refractivity contribution in [2.24, 2.45) is 17.6 Å². The van der Waals surface area contributed by atoms with Gasteiger partial charge in [-0.15, -0.1) is 0 Å². The van der Waals surface area contributed by atoms with E-state index in [2.05, 4.69) is 22.2 Å². The summed E-state index contributed by atoms with van der Waals surface area (Å²) in [4.78, 5) is 14.8. The fourth-order valence-electron chi connectivity index (χ4n) is 5.37. The second kappa shape index (κ2) is 9.46. The van der Waals surface area contributed by atoms with Gasteiger partial charge in [0, 0.05) is 24.5 Å². The van der Waals surface area contributed by atoms with Gasteiger partial charge < -0.3 is 15.8 Å². The molecule has 2 heterocycles. The van der Waals surface area contributed by atoms with Crippen molar-refractivity contribution in [3.05, 3.63) is 41.6 Å². The first kappa shape index (κ1) is 24.1. The number of halogens is 3. The van der Waals surface area contributed by atoms with Gasteiger partial charge in [0.2, 0.25) is 0 Å². The molecule has 1 aromatic carbocycles. The standard InChI is InChI=1S/C25H32F3N5O2/c1-15-10-19(32(11-16-2-3-16)20-13-35-14-20)8-9-22(15)33-12-21(23(29)34)24(31-33)30-18-6-4-17(5-7-18)25(26,27)28/h4-7,12,15-16,19-20,22H,2-3,8-11,13-14H2,1H3,(H2,29,34)(H,30,31). The van der Waals surface area contributed by atoms with Crippen molar-refractivity contribution in [1.29, 1.82) is 0 Å². The molecule has 35 heavy (non-hydrogen) atoms. The fourth-order valence-corrected chi connectivity index (χ4v) is 5.37. The molecule has 2 aromatic rings. The lowest BCUT2D eigenvalue weighted by molar-refractivity contribution is -0.137. The molecule has 0 radical (unpaired) electrons. The number of carbonyl (C=O) groups excluding carboxylic acids is 1. The van der Waals surface area contributed by atoms with Crippen molar-refractivity contribution in [3.8, 4) is 0 Å². The van der Waals surface area contributed by atoms with Crippen LogP contribution in [0.5, 0.6) is 0 Å². The van der Waals surface area contributed by atoms with E-state index < -0.39 is 17.6 Å². The van der Waals surface area contributed by atoms with Crippen molar-refractivity contribution < 1.29 is 22.7 Å². The van der Waals surface area contributed by atoms with E-state index in [1.165, 1.54) is 25.0 Å². The van der Waals surface area contributed by atoms with E-state index in [1.54, 1.807) is 6.20 Å². The van der Waals surface area contributed by atoms with E-state index >= 15 is 0 Å². The molecular formula is C25H32F3N5O2. The third-order valence-electron chi connectivity index (χ3n) is 7.63. The Morgan fingerprint density at radius 1 is 1.17 bits per heavy atom. The number of primary amides is 1. The molecule has 3 unspecified atom stereocenters. The smallest absolute Gasteiger partial charge is 0.378 e. The summed E-state index contributed by atoms with van der Waals surface area (Å²) in [5.74, 6) is 0.795. The number of ether oxygens (including phenoxy) is 1. The predicted molar refractivity (Wildman–Crippen MR) is 125 cm³/mol. The van der Waals surface area contributed by atoms with Crippen LogP contribution in [0.2, 0.25) is 0 Å². The Bertz CT molecular complexity index is 1050. The fraction of sp³-hybridized carbons (Fsp3) is 0.600. The molecule has 3 aliphatic rings. The highest BCUT2D eigenvalue weighted by Gasteiger charge is 2.40. The second-order valence-corrected chi connectivity index (χ2v) is 10.3. The molecule has 2 saturated carbocycles. The Hall–Kier alpha value is -2.59. The van der Waals surface area contributed by atoms with Gasteiger partial charge in [-0.2, -0.15) is 18.3 Å². The molecule has 1 aliphatic heterocycles. The molecule has 0 spiro atoms. The molecule has 3 N–H and O–H groups in total. The lowest BCUT2D eigenvalue weighted by atomic mass is 9.81. The second-order valence-electron chi connectivity index (χ2n) is 10.3. The van der Waals surface area contributed by atoms with Crippen molar-refractivity contribution in [2.45, 2.75) is 63.3 Å². The Morgan fingerprint density at radius 2 is 1.89 bits per heavy atom. The van der Waals surface area contributed by atoms with Gasteiger partial charge in [-0.05, 0) is 68.2 Å². The lowest BCUT2D eigenvalue weighted by Crippen LogP contribution is -2.55. The van der Waals surface area contributed by atoms with Crippen LogP contribution in [0, 0.1) is 11.8 Å². The number of carbonyl (C=O) groups is 1. The van der Waals surface area contributed by atoms with Crippen molar-refractivity contribution in [1.82, 2.24) is 14.7 Å². The van der Waals surface area contributed by atoms with Crippen LogP contribution in [-0.2, 0) is 10.9 Å². The molecule has 1 amide bonds. The van der Waals surface area contributed by atoms with Crippen LogP contribution >= 0.6 is 0 Å². The van der Waals surface area contributed by atoms with Crippen LogP contribution in [0.4, 0.5) is 24.7 Å². The maximum Gasteiger partial charge on any atom is 0.416 e. The van der Waals surface area contributed by atoms with E-state index in [9.17, 15) is 18.0 Å². The topological polar surface area (TPSA) is 85.4 Å². The van der Waals surface area contributed by atoms with Crippen molar-refractivity contribution >= 4 is 17.4 Å². The van der Waals surface area contributed by atoms with E-state index in [0.29, 0.717) is 23.7 Å². The third-order valence-corrected chi connectivity index (χ3v) is 7.63. The molecule has 10 heteroatoms. The van der Waals surface area contributed by atoms with Crippen LogP contribution in [-0.4, -0.2) is 52.4 Å². The number of aromatic nitrogens is 2. The number of hydrogen-bond acceptors (Lipinski definition) is 5. The summed E-state index contributed by atoms with van der Waals surface area (Å²) in [5, 5.41) is 7.58. The van der Waals surface area contributed by atoms with E-state index in [0.717, 1.165) is 57.1 Å². The van der Waals surface area contributed by atoms with Gasteiger partial charge in [-0.3, -0.25) is 14.4 Å². The number of amides is 1. The van der Waals surface area contributed by atoms with Crippen LogP contribution in [0.1, 0.15) is 61.0 Å². The molecule has 0 bridgehead atoms. The SMILES string of the molecule is CC1CC(N(CC2CC2)C2COC2)CCC1n1cc(C(N)=O)c(Nc2ccc(C(F)(F)F)cc2)n1. The highest BCUT2D eigenvalue weighted by molar-refractivity contribution is 5.98. The Labute approximate surface area is 202 Å². The number of anilines is 2. The number of benzene rings is 1. The predicted octanol–water partition coefficient (Wildman–Crippen LogP) is 4.58. The summed E-state index contributed by atoms with van der Waals surface area (Å²) in [7, 11) is 0. The molecule has 190 valence electrons. The number of nitrogens with zero attached hydrogens (tertiary/aromatic N) is 3. The van der Waals surface area contributed by atoms with Gasteiger partial charge in [0.1, 0.15) is 5.56 Å². The zero-order chi connectivity index (χ0) is 24.7. The van der Waals surface area contributed by atoms with E-state index in [1.807, 2.05) is 4.68 Å². The Kier molecular flexibility index (Phi) is 6.52. The maximum absolute atomic E-state index is 12.9. The van der Waals surface area contributed by atoms with Crippen molar-refractivity contribution in [2.75, 3.05) is 25.1 Å². The average molecular weight is 492 g/mol. The molecule has 3 fully saturated rings. The summed E-state index contributed by atoms with van der Waals surface area (Å²) in [6.45, 7) is 5.02. The number of rotatable bonds is 8. The average Bonchev–Trinajstić information content (AvgIpc) is 3.49. The Morgan fingerprint density at radius 3 is 2.43 bits per heavy atom. The van der Waals surface area contributed by atoms with Gasteiger partial charge in [-0.1, -0.05) is 6.92 Å². The van der Waals surface area contributed by atoms with Crippen LogP contribution < -0.4 is 11.1 Å². The van der Waals surface area contributed by atoms with E-state index in [4.69, 9.17) is 10.5 Å². The summed E-state index contributed by atoms with van der Waals surface area (Å²) < 4.78 is 45.9. The summed E-state index contributed by atoms with van der Waals surface area (Å²) in [6, 6.07) is 5.79. The lowest BCUT2D eigenvalue weighted by Gasteiger charge is -2.46. The first-order valence-corrected chi connectivity index (χ1v) is 12.4. The first-order chi connectivity index (χ1) is 16.7. The molecule has 7 nitrogen and oxygen atoms in total. The Balaban J connectivity index is 1.29. The first-order valence-electron chi connectivity index (χ1n) is 12.4. The normalized spacial score (nSPS) is 25.5. The summed E-state index contributed by atoms with van der Waals surface area (Å²) in [5.41, 5.74) is 5.49. The van der Waals surface area contributed by atoms with Crippen LogP contribution in [0.25, 0.3) is 0 Å². The quantitative estimate of drug-likeness (QED) is 0.565. The zero-order valence-electron chi connectivity index (χ0n) is 19.8. The molecular weight excluding hydrogens is 459 g/mol. The highest BCUT2D eigenvalue weighted by Crippen LogP contribution is 2.40. The molecule has 3 atom stereocenters. The van der Waals surface area contributed by atoms with Gasteiger partial charge in [0.25, 0.3) is 5.91 Å². The van der Waals surface area contributed by atoms with Crippen LogP contribution in [0.3, 0.4) is 0 Å². The molecule has 1 saturated heterocycles. The number of alkyl halides is 3. The minimum absolute atomic E-state index is 0.118. The summed E-state index contributed by atoms with van der Waals surface area (Å²) in [6.07, 6.45) is 2.93. The minimum Gasteiger partial charge on any atom is -0.378 e. The van der Waals surface area contributed by atoms with Gasteiger partial charge in [0.05, 0.1) is 30.9 Å². The van der Waals surface area contributed by atoms with E-state index in [-0.39, 0.29) is 17.4 Å². The molecule has 5 rings (SSSR count). The summed E-state index contributed by atoms with van der Waals surface area (Å²) >= 11 is 0. The zero-order valence-corrected chi connectivity index (χ0v) is 19.8. The number of hydrogen-bond donors (Lipinski definition) is 2. The largest absolute Gasteiger partial charge is 0.416 e. The molecule has 1 aromatic heterocycles. The number of nitrogens with two attached hydrogens (primary N) is 1. The maximum atomic E-state index is 12.9. The minimum atomic E-state index is -4.41. The molecule has 2 aliphatic carbocycles. The van der Waals surface area contributed by atoms with Gasteiger partial charge in [-0.25, -0.2) is 0 Å². The van der Waals surface area contributed by atoms with Gasteiger partial charge in [0.15, 0.2) is 5.82 Å². The van der Waals surface area contributed by atoms with Crippen molar-refractivity contribution in [3.63, 3.8) is 0 Å². The third kappa shape index (κ3) is 5.33. The monoisotopic (exact) mass is 491 g/mol. The number of nitrogens with one attached hydrogen (secondary N) is 1. The van der Waals surface area contributed by atoms with Crippen LogP contribution in [0.15, 0.2) is 30.5 Å².